The molecule has 0 aliphatic carbocycles. The van der Waals surface area contributed by atoms with E-state index < -0.39 is 11.9 Å². The van der Waals surface area contributed by atoms with Crippen LogP contribution in [0.5, 0.6) is 0 Å². The lowest BCUT2D eigenvalue weighted by Gasteiger charge is -2.18. The molecule has 0 bridgehead atoms. The van der Waals surface area contributed by atoms with Gasteiger partial charge in [0.25, 0.3) is 0 Å². The molecule has 0 aliphatic heterocycles. The van der Waals surface area contributed by atoms with Crippen molar-refractivity contribution in [1.82, 2.24) is 0 Å². The third-order valence-corrected chi connectivity index (χ3v) is 1.98. The normalized spacial score (nSPS) is 13.4. The van der Waals surface area contributed by atoms with Crippen molar-refractivity contribution in [2.75, 3.05) is 0 Å². The molecule has 0 amide bonds. The summed E-state index contributed by atoms with van der Waals surface area (Å²) < 4.78 is 10.1. The number of esters is 2. The van der Waals surface area contributed by atoms with Gasteiger partial charge in [0.1, 0.15) is 12.2 Å². The molecule has 2 atom stereocenters. The van der Waals surface area contributed by atoms with Crippen LogP contribution in [0.25, 0.3) is 0 Å². The Kier molecular flexibility index (Phi) is 6.25. The fourth-order valence-electron chi connectivity index (χ4n) is 1.13. The lowest BCUT2D eigenvalue weighted by Crippen LogP contribution is -2.23. The van der Waals surface area contributed by atoms with Gasteiger partial charge in [-0.3, -0.25) is 0 Å². The van der Waals surface area contributed by atoms with Crippen molar-refractivity contribution in [2.45, 2.75) is 46.3 Å². The maximum Gasteiger partial charge on any atom is 0.333 e. The molecule has 0 aromatic carbocycles. The number of hydrogen-bond acceptors (Lipinski definition) is 4. The van der Waals surface area contributed by atoms with Crippen molar-refractivity contribution in [2.24, 2.45) is 0 Å². The van der Waals surface area contributed by atoms with Gasteiger partial charge in [0.05, 0.1) is 0 Å². The Balaban J connectivity index is 4.08. The SMILES string of the molecule is C=C(C)C(=O)O[C@H](C)C[C@H](C)OC(=O)C(=C)C. The lowest BCUT2D eigenvalue weighted by molar-refractivity contribution is -0.148. The Morgan fingerprint density at radius 3 is 1.47 bits per heavy atom. The maximum absolute atomic E-state index is 11.2. The molecule has 17 heavy (non-hydrogen) atoms. The summed E-state index contributed by atoms with van der Waals surface area (Å²) in [5.41, 5.74) is 0.701. The van der Waals surface area contributed by atoms with E-state index in [9.17, 15) is 9.59 Å². The first kappa shape index (κ1) is 15.4. The van der Waals surface area contributed by atoms with Crippen LogP contribution in [0, 0.1) is 0 Å². The van der Waals surface area contributed by atoms with Gasteiger partial charge < -0.3 is 9.47 Å². The quantitative estimate of drug-likeness (QED) is 0.528. The fourth-order valence-corrected chi connectivity index (χ4v) is 1.13. The van der Waals surface area contributed by atoms with E-state index in [-0.39, 0.29) is 12.2 Å². The fraction of sp³-hybridized carbons (Fsp3) is 0.538. The molecule has 0 unspecified atom stereocenters. The van der Waals surface area contributed by atoms with Crippen LogP contribution < -0.4 is 0 Å². The average Bonchev–Trinajstić information content (AvgIpc) is 2.16. The molecule has 0 aliphatic rings. The molecular weight excluding hydrogens is 220 g/mol. The highest BCUT2D eigenvalue weighted by Crippen LogP contribution is 2.09. The van der Waals surface area contributed by atoms with Gasteiger partial charge in [-0.15, -0.1) is 0 Å². The third kappa shape index (κ3) is 6.56. The predicted octanol–water partition coefficient (Wildman–Crippen LogP) is 2.39. The molecule has 96 valence electrons. The summed E-state index contributed by atoms with van der Waals surface area (Å²) in [6, 6.07) is 0. The van der Waals surface area contributed by atoms with Gasteiger partial charge in [-0.05, 0) is 27.7 Å². The van der Waals surface area contributed by atoms with E-state index in [0.29, 0.717) is 17.6 Å². The van der Waals surface area contributed by atoms with E-state index in [1.807, 2.05) is 0 Å². The maximum atomic E-state index is 11.2. The van der Waals surface area contributed by atoms with Gasteiger partial charge in [0.2, 0.25) is 0 Å². The lowest BCUT2D eigenvalue weighted by atomic mass is 10.2. The number of carbonyl (C=O) groups is 2. The standard InChI is InChI=1S/C13H20O4/c1-8(2)12(14)16-10(5)7-11(6)17-13(15)9(3)4/h10-11H,1,3,7H2,2,4-6H3/t10-,11+. The Morgan fingerprint density at radius 2 is 1.24 bits per heavy atom. The van der Waals surface area contributed by atoms with Crippen molar-refractivity contribution < 1.29 is 19.1 Å². The first-order valence-electron chi connectivity index (χ1n) is 5.47. The molecule has 0 spiro atoms. The molecule has 0 saturated carbocycles. The van der Waals surface area contributed by atoms with E-state index in [0.717, 1.165) is 0 Å². The molecule has 0 aromatic rings. The van der Waals surface area contributed by atoms with Gasteiger partial charge in [-0.2, -0.15) is 0 Å². The molecule has 0 aromatic heterocycles. The highest BCUT2D eigenvalue weighted by Gasteiger charge is 2.16. The van der Waals surface area contributed by atoms with Gasteiger partial charge >= 0.3 is 11.9 Å². The zero-order chi connectivity index (χ0) is 13.6. The number of carbonyl (C=O) groups excluding carboxylic acids is 2. The Hall–Kier alpha value is -1.58. The van der Waals surface area contributed by atoms with Crippen LogP contribution in [0.4, 0.5) is 0 Å². The smallest absolute Gasteiger partial charge is 0.333 e. The van der Waals surface area contributed by atoms with E-state index in [4.69, 9.17) is 9.47 Å². The minimum Gasteiger partial charge on any atom is -0.459 e. The van der Waals surface area contributed by atoms with Crippen LogP contribution in [0.15, 0.2) is 24.3 Å². The largest absolute Gasteiger partial charge is 0.459 e. The van der Waals surface area contributed by atoms with Gasteiger partial charge in [0, 0.05) is 17.6 Å². The Morgan fingerprint density at radius 1 is 0.941 bits per heavy atom. The molecule has 0 radical (unpaired) electrons. The number of rotatable bonds is 6. The molecule has 0 rings (SSSR count). The summed E-state index contributed by atoms with van der Waals surface area (Å²) in [7, 11) is 0. The molecule has 0 fully saturated rings. The summed E-state index contributed by atoms with van der Waals surface area (Å²) >= 11 is 0. The highest BCUT2D eigenvalue weighted by atomic mass is 16.6. The third-order valence-electron chi connectivity index (χ3n) is 1.98. The van der Waals surface area contributed by atoms with Crippen molar-refractivity contribution in [3.8, 4) is 0 Å². The monoisotopic (exact) mass is 240 g/mol. The van der Waals surface area contributed by atoms with Crippen molar-refractivity contribution in [1.29, 1.82) is 0 Å². The van der Waals surface area contributed by atoms with Crippen molar-refractivity contribution in [3.63, 3.8) is 0 Å². The summed E-state index contributed by atoms with van der Waals surface area (Å²) in [6.45, 7) is 13.6. The molecular formula is C13H20O4. The first-order valence-corrected chi connectivity index (χ1v) is 5.47. The Bertz CT molecular complexity index is 298. The molecule has 0 saturated heterocycles. The highest BCUT2D eigenvalue weighted by molar-refractivity contribution is 5.87. The second-order valence-corrected chi connectivity index (χ2v) is 4.23. The van der Waals surface area contributed by atoms with E-state index in [1.165, 1.54) is 0 Å². The van der Waals surface area contributed by atoms with E-state index in [1.54, 1.807) is 27.7 Å². The van der Waals surface area contributed by atoms with Gasteiger partial charge in [0.15, 0.2) is 0 Å². The minimum absolute atomic E-state index is 0.327. The number of ether oxygens (including phenoxy) is 2. The van der Waals surface area contributed by atoms with Crippen LogP contribution in [0.2, 0.25) is 0 Å². The van der Waals surface area contributed by atoms with Crippen LogP contribution in [0.1, 0.15) is 34.1 Å². The molecule has 4 nitrogen and oxygen atoms in total. The Labute approximate surface area is 102 Å². The van der Waals surface area contributed by atoms with Crippen molar-refractivity contribution >= 4 is 11.9 Å². The zero-order valence-electron chi connectivity index (χ0n) is 10.9. The van der Waals surface area contributed by atoms with Gasteiger partial charge in [-0.25, -0.2) is 9.59 Å². The molecule has 0 N–H and O–H groups in total. The topological polar surface area (TPSA) is 52.6 Å². The average molecular weight is 240 g/mol. The van der Waals surface area contributed by atoms with Crippen molar-refractivity contribution in [3.05, 3.63) is 24.3 Å². The van der Waals surface area contributed by atoms with Crippen LogP contribution >= 0.6 is 0 Å². The van der Waals surface area contributed by atoms with Gasteiger partial charge in [-0.1, -0.05) is 13.2 Å². The summed E-state index contributed by atoms with van der Waals surface area (Å²) in [6.07, 6.45) is -0.211. The zero-order valence-corrected chi connectivity index (χ0v) is 10.9. The summed E-state index contributed by atoms with van der Waals surface area (Å²) in [5.74, 6) is -0.869. The molecule has 0 heterocycles. The van der Waals surface area contributed by atoms with Crippen LogP contribution in [0.3, 0.4) is 0 Å². The summed E-state index contributed by atoms with van der Waals surface area (Å²) in [5, 5.41) is 0. The second-order valence-electron chi connectivity index (χ2n) is 4.23. The van der Waals surface area contributed by atoms with E-state index >= 15 is 0 Å². The van der Waals surface area contributed by atoms with E-state index in [2.05, 4.69) is 13.2 Å². The second kappa shape index (κ2) is 6.89. The van der Waals surface area contributed by atoms with Crippen LogP contribution in [-0.4, -0.2) is 24.1 Å². The predicted molar refractivity (Wildman–Crippen MR) is 65.4 cm³/mol. The summed E-state index contributed by atoms with van der Waals surface area (Å²) in [4.78, 5) is 22.4. The number of hydrogen-bond donors (Lipinski definition) is 0. The molecule has 4 heteroatoms. The van der Waals surface area contributed by atoms with Crippen LogP contribution in [-0.2, 0) is 19.1 Å². The first-order chi connectivity index (χ1) is 7.73. The minimum atomic E-state index is -0.434.